The van der Waals surface area contributed by atoms with Gasteiger partial charge in [-0.1, -0.05) is 19.1 Å². The zero-order valence-corrected chi connectivity index (χ0v) is 12.3. The van der Waals surface area contributed by atoms with Crippen molar-refractivity contribution >= 4 is 5.91 Å². The van der Waals surface area contributed by atoms with E-state index in [4.69, 9.17) is 4.74 Å². The van der Waals surface area contributed by atoms with Crippen molar-refractivity contribution in [2.75, 3.05) is 20.2 Å². The molecule has 1 aromatic carbocycles. The van der Waals surface area contributed by atoms with Gasteiger partial charge in [0.05, 0.1) is 7.11 Å². The summed E-state index contributed by atoms with van der Waals surface area (Å²) in [7, 11) is 1.66. The number of carbonyl (C=O) groups is 1. The maximum Gasteiger partial charge on any atom is 0.220 e. The first kappa shape index (κ1) is 14.9. The molecule has 1 heterocycles. The lowest BCUT2D eigenvalue weighted by Gasteiger charge is -2.15. The van der Waals surface area contributed by atoms with Crippen molar-refractivity contribution in [3.8, 4) is 5.75 Å². The van der Waals surface area contributed by atoms with Crippen LogP contribution in [0.1, 0.15) is 37.7 Å². The average Bonchev–Trinajstić information content (AvgIpc) is 2.98. The largest absolute Gasteiger partial charge is 0.497 e. The Balaban J connectivity index is 1.80. The van der Waals surface area contributed by atoms with Crippen LogP contribution < -0.4 is 15.4 Å². The highest BCUT2D eigenvalue weighted by atomic mass is 16.5. The zero-order valence-electron chi connectivity index (χ0n) is 12.3. The molecule has 1 amide bonds. The van der Waals surface area contributed by atoms with Crippen molar-refractivity contribution in [3.05, 3.63) is 29.8 Å². The molecule has 2 N–H and O–H groups in total. The van der Waals surface area contributed by atoms with Gasteiger partial charge in [0.15, 0.2) is 0 Å². The van der Waals surface area contributed by atoms with Gasteiger partial charge < -0.3 is 15.4 Å². The molecule has 0 aliphatic carbocycles. The average molecular weight is 276 g/mol. The van der Waals surface area contributed by atoms with Gasteiger partial charge >= 0.3 is 0 Å². The first-order chi connectivity index (χ1) is 9.69. The molecule has 0 bridgehead atoms. The van der Waals surface area contributed by atoms with Crippen LogP contribution >= 0.6 is 0 Å². The monoisotopic (exact) mass is 276 g/mol. The molecule has 4 nitrogen and oxygen atoms in total. The second kappa shape index (κ2) is 7.29. The Morgan fingerprint density at radius 1 is 1.55 bits per heavy atom. The SMILES string of the molecule is COc1cccc(C(C)CC(=O)NCC2CCCN2)c1. The summed E-state index contributed by atoms with van der Waals surface area (Å²) in [5.41, 5.74) is 1.14. The van der Waals surface area contributed by atoms with Gasteiger partial charge in [0, 0.05) is 19.0 Å². The van der Waals surface area contributed by atoms with E-state index in [1.807, 2.05) is 24.3 Å². The van der Waals surface area contributed by atoms with Crippen LogP contribution in [-0.4, -0.2) is 32.1 Å². The van der Waals surface area contributed by atoms with E-state index < -0.39 is 0 Å². The molecule has 4 heteroatoms. The summed E-state index contributed by atoms with van der Waals surface area (Å²) in [6.07, 6.45) is 2.88. The first-order valence-electron chi connectivity index (χ1n) is 7.33. The molecule has 2 rings (SSSR count). The standard InChI is InChI=1S/C16H24N2O2/c1-12(13-5-3-7-15(10-13)20-2)9-16(19)18-11-14-6-4-8-17-14/h3,5,7,10,12,14,17H,4,6,8-9,11H2,1-2H3,(H,18,19). The van der Waals surface area contributed by atoms with Crippen molar-refractivity contribution in [1.82, 2.24) is 10.6 Å². The lowest BCUT2D eigenvalue weighted by molar-refractivity contribution is -0.121. The Labute approximate surface area is 120 Å². The fourth-order valence-electron chi connectivity index (χ4n) is 2.58. The van der Waals surface area contributed by atoms with Crippen molar-refractivity contribution in [2.45, 2.75) is 38.1 Å². The van der Waals surface area contributed by atoms with Gasteiger partial charge in [-0.2, -0.15) is 0 Å². The van der Waals surface area contributed by atoms with Crippen LogP contribution in [0.5, 0.6) is 5.75 Å². The van der Waals surface area contributed by atoms with Gasteiger partial charge in [-0.05, 0) is 43.0 Å². The molecule has 1 aromatic rings. The summed E-state index contributed by atoms with van der Waals surface area (Å²) < 4.78 is 5.22. The molecule has 0 radical (unpaired) electrons. The van der Waals surface area contributed by atoms with Crippen LogP contribution in [0.2, 0.25) is 0 Å². The molecule has 0 spiro atoms. The number of hydrogen-bond donors (Lipinski definition) is 2. The van der Waals surface area contributed by atoms with E-state index in [1.54, 1.807) is 7.11 Å². The van der Waals surface area contributed by atoms with Crippen LogP contribution in [-0.2, 0) is 4.79 Å². The van der Waals surface area contributed by atoms with E-state index in [2.05, 4.69) is 17.6 Å². The van der Waals surface area contributed by atoms with Crippen molar-refractivity contribution in [3.63, 3.8) is 0 Å². The molecule has 0 saturated carbocycles. The minimum absolute atomic E-state index is 0.119. The molecule has 110 valence electrons. The van der Waals surface area contributed by atoms with E-state index in [1.165, 1.54) is 6.42 Å². The molecule has 1 aliphatic heterocycles. The summed E-state index contributed by atoms with van der Waals surface area (Å²) in [5, 5.41) is 6.40. The lowest BCUT2D eigenvalue weighted by Crippen LogP contribution is -2.37. The number of ether oxygens (including phenoxy) is 1. The number of nitrogens with one attached hydrogen (secondary N) is 2. The Hall–Kier alpha value is -1.55. The molecule has 1 saturated heterocycles. The van der Waals surface area contributed by atoms with Crippen LogP contribution in [0.3, 0.4) is 0 Å². The smallest absolute Gasteiger partial charge is 0.220 e. The van der Waals surface area contributed by atoms with Gasteiger partial charge in [0.25, 0.3) is 0 Å². The van der Waals surface area contributed by atoms with E-state index in [0.717, 1.165) is 30.8 Å². The second-order valence-electron chi connectivity index (χ2n) is 5.48. The Morgan fingerprint density at radius 2 is 2.40 bits per heavy atom. The normalized spacial score (nSPS) is 19.6. The zero-order chi connectivity index (χ0) is 14.4. The summed E-state index contributed by atoms with van der Waals surface area (Å²) in [6.45, 7) is 3.88. The quantitative estimate of drug-likeness (QED) is 0.836. The third kappa shape index (κ3) is 4.23. The predicted octanol–water partition coefficient (Wildman–Crippen LogP) is 2.06. The number of hydrogen-bond acceptors (Lipinski definition) is 3. The summed E-state index contributed by atoms with van der Waals surface area (Å²) in [5.74, 6) is 1.15. The fourth-order valence-corrected chi connectivity index (χ4v) is 2.58. The Morgan fingerprint density at radius 3 is 3.10 bits per heavy atom. The van der Waals surface area contributed by atoms with E-state index >= 15 is 0 Å². The van der Waals surface area contributed by atoms with E-state index in [0.29, 0.717) is 12.5 Å². The molecule has 2 atom stereocenters. The Bertz CT molecular complexity index is 442. The van der Waals surface area contributed by atoms with E-state index in [9.17, 15) is 4.79 Å². The second-order valence-corrected chi connectivity index (χ2v) is 5.48. The van der Waals surface area contributed by atoms with Crippen molar-refractivity contribution in [1.29, 1.82) is 0 Å². The minimum Gasteiger partial charge on any atom is -0.497 e. The maximum absolute atomic E-state index is 12.0. The van der Waals surface area contributed by atoms with Crippen LogP contribution in [0.4, 0.5) is 0 Å². The molecular weight excluding hydrogens is 252 g/mol. The van der Waals surface area contributed by atoms with Crippen LogP contribution in [0.15, 0.2) is 24.3 Å². The lowest BCUT2D eigenvalue weighted by atomic mass is 9.97. The first-order valence-corrected chi connectivity index (χ1v) is 7.33. The molecular formula is C16H24N2O2. The molecule has 20 heavy (non-hydrogen) atoms. The molecule has 1 fully saturated rings. The van der Waals surface area contributed by atoms with Gasteiger partial charge in [0.2, 0.25) is 5.91 Å². The number of carbonyl (C=O) groups excluding carboxylic acids is 1. The summed E-state index contributed by atoms with van der Waals surface area (Å²) >= 11 is 0. The molecule has 2 unspecified atom stereocenters. The molecule has 1 aliphatic rings. The van der Waals surface area contributed by atoms with Gasteiger partial charge in [-0.3, -0.25) is 4.79 Å². The number of rotatable bonds is 6. The molecule has 0 aromatic heterocycles. The highest BCUT2D eigenvalue weighted by Crippen LogP contribution is 2.23. The van der Waals surface area contributed by atoms with Crippen molar-refractivity contribution in [2.24, 2.45) is 0 Å². The predicted molar refractivity (Wildman–Crippen MR) is 80.1 cm³/mol. The van der Waals surface area contributed by atoms with Gasteiger partial charge in [-0.15, -0.1) is 0 Å². The summed E-state index contributed by atoms with van der Waals surface area (Å²) in [6, 6.07) is 8.37. The highest BCUT2D eigenvalue weighted by Gasteiger charge is 2.16. The van der Waals surface area contributed by atoms with Crippen LogP contribution in [0.25, 0.3) is 0 Å². The topological polar surface area (TPSA) is 50.4 Å². The number of amides is 1. The minimum atomic E-state index is 0.119. The van der Waals surface area contributed by atoms with Gasteiger partial charge in [0.1, 0.15) is 5.75 Å². The number of benzene rings is 1. The Kier molecular flexibility index (Phi) is 5.41. The van der Waals surface area contributed by atoms with Crippen LogP contribution in [0, 0.1) is 0 Å². The number of methoxy groups -OCH3 is 1. The fraction of sp³-hybridized carbons (Fsp3) is 0.562. The highest BCUT2D eigenvalue weighted by molar-refractivity contribution is 5.76. The van der Waals surface area contributed by atoms with E-state index in [-0.39, 0.29) is 11.8 Å². The maximum atomic E-state index is 12.0. The van der Waals surface area contributed by atoms with Crippen molar-refractivity contribution < 1.29 is 9.53 Å². The summed E-state index contributed by atoms with van der Waals surface area (Å²) in [4.78, 5) is 12.0. The third-order valence-electron chi connectivity index (χ3n) is 3.86. The van der Waals surface area contributed by atoms with Gasteiger partial charge in [-0.25, -0.2) is 0 Å². The third-order valence-corrected chi connectivity index (χ3v) is 3.86.